The van der Waals surface area contributed by atoms with Crippen LogP contribution in [0, 0.1) is 6.92 Å². The van der Waals surface area contributed by atoms with Gasteiger partial charge in [-0.05, 0) is 44.5 Å². The van der Waals surface area contributed by atoms with Gasteiger partial charge in [-0.25, -0.2) is 0 Å². The van der Waals surface area contributed by atoms with E-state index in [-0.39, 0.29) is 0 Å². The molecule has 1 atom stereocenters. The number of benzene rings is 1. The Kier molecular flexibility index (Phi) is 3.97. The molecule has 0 spiro atoms. The molecule has 1 aliphatic rings. The Hall–Kier alpha value is -0.860. The Morgan fingerprint density at radius 3 is 2.94 bits per heavy atom. The van der Waals surface area contributed by atoms with Crippen molar-refractivity contribution in [3.8, 4) is 0 Å². The fourth-order valence-corrected chi connectivity index (χ4v) is 2.58. The summed E-state index contributed by atoms with van der Waals surface area (Å²) in [6, 6.07) is 9.45. The molecule has 0 saturated carbocycles. The highest BCUT2D eigenvalue weighted by molar-refractivity contribution is 5.25. The molecular weight excluding hydrogens is 196 g/mol. The van der Waals surface area contributed by atoms with Crippen molar-refractivity contribution in [1.82, 2.24) is 10.2 Å². The zero-order valence-electron chi connectivity index (χ0n) is 10.4. The van der Waals surface area contributed by atoms with Crippen LogP contribution in [0.4, 0.5) is 0 Å². The Bertz CT molecular complexity index is 335. The molecule has 0 aliphatic carbocycles. The van der Waals surface area contributed by atoms with Gasteiger partial charge in [-0.15, -0.1) is 0 Å². The molecule has 1 saturated heterocycles. The van der Waals surface area contributed by atoms with Gasteiger partial charge in [0.05, 0.1) is 0 Å². The molecule has 0 amide bonds. The third kappa shape index (κ3) is 2.63. The number of hydrogen-bond acceptors (Lipinski definition) is 2. The van der Waals surface area contributed by atoms with Crippen molar-refractivity contribution in [2.24, 2.45) is 0 Å². The van der Waals surface area contributed by atoms with Crippen molar-refractivity contribution >= 4 is 0 Å². The minimum atomic E-state index is 0.726. The summed E-state index contributed by atoms with van der Waals surface area (Å²) in [5.41, 5.74) is 2.89. The topological polar surface area (TPSA) is 15.3 Å². The number of likely N-dealkylation sites (N-methyl/N-ethyl adjacent to an activating group) is 1. The Morgan fingerprint density at radius 2 is 2.19 bits per heavy atom. The summed E-state index contributed by atoms with van der Waals surface area (Å²) in [6.45, 7) is 5.68. The van der Waals surface area contributed by atoms with Crippen LogP contribution in [0.5, 0.6) is 0 Å². The van der Waals surface area contributed by atoms with E-state index in [1.54, 1.807) is 0 Å². The second-order valence-corrected chi connectivity index (χ2v) is 4.75. The van der Waals surface area contributed by atoms with Crippen molar-refractivity contribution in [1.29, 1.82) is 0 Å². The van der Waals surface area contributed by atoms with E-state index < -0.39 is 0 Å². The lowest BCUT2D eigenvalue weighted by molar-refractivity contribution is 0.242. The van der Waals surface area contributed by atoms with Gasteiger partial charge in [-0.1, -0.05) is 24.3 Å². The Balaban J connectivity index is 2.01. The van der Waals surface area contributed by atoms with Crippen LogP contribution in [0.25, 0.3) is 0 Å². The predicted molar refractivity (Wildman–Crippen MR) is 68.5 cm³/mol. The molecule has 1 heterocycles. The van der Waals surface area contributed by atoms with Gasteiger partial charge in [0.2, 0.25) is 0 Å². The van der Waals surface area contributed by atoms with Crippen molar-refractivity contribution in [3.05, 3.63) is 35.4 Å². The van der Waals surface area contributed by atoms with Crippen LogP contribution in [-0.4, -0.2) is 31.1 Å². The third-order valence-electron chi connectivity index (χ3n) is 3.57. The largest absolute Gasteiger partial charge is 0.318 e. The van der Waals surface area contributed by atoms with E-state index in [1.807, 2.05) is 7.05 Å². The van der Waals surface area contributed by atoms with Crippen LogP contribution in [0.15, 0.2) is 24.3 Å². The highest BCUT2D eigenvalue weighted by Gasteiger charge is 2.23. The Labute approximate surface area is 98.7 Å². The van der Waals surface area contributed by atoms with Crippen molar-refractivity contribution in [2.45, 2.75) is 32.4 Å². The summed E-state index contributed by atoms with van der Waals surface area (Å²) in [7, 11) is 2.05. The van der Waals surface area contributed by atoms with Crippen molar-refractivity contribution in [2.75, 3.05) is 20.1 Å². The smallest absolute Gasteiger partial charge is 0.0239 e. The maximum absolute atomic E-state index is 3.30. The molecule has 1 fully saturated rings. The molecule has 2 nitrogen and oxygen atoms in total. The molecule has 1 unspecified atom stereocenters. The van der Waals surface area contributed by atoms with Gasteiger partial charge in [0.1, 0.15) is 0 Å². The first-order valence-corrected chi connectivity index (χ1v) is 6.24. The van der Waals surface area contributed by atoms with Crippen molar-refractivity contribution < 1.29 is 0 Å². The van der Waals surface area contributed by atoms with Crippen LogP contribution in [0.2, 0.25) is 0 Å². The molecule has 1 N–H and O–H groups in total. The van der Waals surface area contributed by atoms with Gasteiger partial charge < -0.3 is 5.32 Å². The normalized spacial score (nSPS) is 21.5. The summed E-state index contributed by atoms with van der Waals surface area (Å²) in [4.78, 5) is 2.61. The third-order valence-corrected chi connectivity index (χ3v) is 3.57. The van der Waals surface area contributed by atoms with Crippen LogP contribution >= 0.6 is 0 Å². The summed E-state index contributed by atoms with van der Waals surface area (Å²) in [5.74, 6) is 0. The molecule has 88 valence electrons. The first-order chi connectivity index (χ1) is 7.81. The quantitative estimate of drug-likeness (QED) is 0.833. The number of aryl methyl sites for hydroxylation is 1. The van der Waals surface area contributed by atoms with Crippen molar-refractivity contribution in [3.63, 3.8) is 0 Å². The summed E-state index contributed by atoms with van der Waals surface area (Å²) in [6.07, 6.45) is 2.69. The van der Waals surface area contributed by atoms with E-state index in [4.69, 9.17) is 0 Å². The van der Waals surface area contributed by atoms with E-state index in [2.05, 4.69) is 41.4 Å². The predicted octanol–water partition coefficient (Wildman–Crippen LogP) is 2.18. The van der Waals surface area contributed by atoms with Crippen LogP contribution in [-0.2, 0) is 6.54 Å². The van der Waals surface area contributed by atoms with Gasteiger partial charge in [0.15, 0.2) is 0 Å². The van der Waals surface area contributed by atoms with Gasteiger partial charge >= 0.3 is 0 Å². The molecule has 0 bridgehead atoms. The maximum atomic E-state index is 3.30. The number of nitrogens with zero attached hydrogens (tertiary/aromatic N) is 1. The van der Waals surface area contributed by atoms with E-state index in [0.717, 1.165) is 19.1 Å². The molecule has 16 heavy (non-hydrogen) atoms. The molecule has 1 aliphatic heterocycles. The minimum absolute atomic E-state index is 0.726. The number of likely N-dealkylation sites (tertiary alicyclic amines) is 1. The molecule has 1 aromatic rings. The standard InChI is InChI=1S/C14H22N2/c1-12-6-3-4-7-13(12)11-16-9-5-8-14(16)10-15-2/h3-4,6-7,14-15H,5,8-11H2,1-2H3. The van der Waals surface area contributed by atoms with E-state index >= 15 is 0 Å². The first-order valence-electron chi connectivity index (χ1n) is 6.24. The lowest BCUT2D eigenvalue weighted by Gasteiger charge is -2.24. The van der Waals surface area contributed by atoms with Crippen LogP contribution in [0.1, 0.15) is 24.0 Å². The van der Waals surface area contributed by atoms with E-state index in [0.29, 0.717) is 0 Å². The highest BCUT2D eigenvalue weighted by Crippen LogP contribution is 2.20. The van der Waals surface area contributed by atoms with Gasteiger partial charge in [0, 0.05) is 19.1 Å². The average molecular weight is 218 g/mol. The van der Waals surface area contributed by atoms with Crippen LogP contribution < -0.4 is 5.32 Å². The van der Waals surface area contributed by atoms with Gasteiger partial charge in [-0.2, -0.15) is 0 Å². The SMILES string of the molecule is CNCC1CCCN1Cc1ccccc1C. The minimum Gasteiger partial charge on any atom is -0.318 e. The fourth-order valence-electron chi connectivity index (χ4n) is 2.58. The number of hydrogen-bond donors (Lipinski definition) is 1. The monoisotopic (exact) mass is 218 g/mol. The van der Waals surface area contributed by atoms with Gasteiger partial charge in [0.25, 0.3) is 0 Å². The lowest BCUT2D eigenvalue weighted by atomic mass is 10.1. The highest BCUT2D eigenvalue weighted by atomic mass is 15.2. The second-order valence-electron chi connectivity index (χ2n) is 4.75. The number of rotatable bonds is 4. The maximum Gasteiger partial charge on any atom is 0.0239 e. The number of nitrogens with one attached hydrogen (secondary N) is 1. The van der Waals surface area contributed by atoms with Crippen LogP contribution in [0.3, 0.4) is 0 Å². The average Bonchev–Trinajstić information content (AvgIpc) is 2.70. The molecule has 0 radical (unpaired) electrons. The molecule has 0 aromatic heterocycles. The van der Waals surface area contributed by atoms with E-state index in [1.165, 1.54) is 30.5 Å². The molecule has 2 heteroatoms. The van der Waals surface area contributed by atoms with E-state index in [9.17, 15) is 0 Å². The zero-order chi connectivity index (χ0) is 11.4. The summed E-state index contributed by atoms with van der Waals surface area (Å²) < 4.78 is 0. The summed E-state index contributed by atoms with van der Waals surface area (Å²) >= 11 is 0. The fraction of sp³-hybridized carbons (Fsp3) is 0.571. The second kappa shape index (κ2) is 5.46. The van der Waals surface area contributed by atoms with Gasteiger partial charge in [-0.3, -0.25) is 4.90 Å². The lowest BCUT2D eigenvalue weighted by Crippen LogP contribution is -2.36. The molecule has 2 rings (SSSR count). The Morgan fingerprint density at radius 1 is 1.38 bits per heavy atom. The molecule has 1 aromatic carbocycles. The first kappa shape index (κ1) is 11.6. The molecular formula is C14H22N2. The zero-order valence-corrected chi connectivity index (χ0v) is 10.4. The summed E-state index contributed by atoms with van der Waals surface area (Å²) in [5, 5.41) is 3.30.